The molecule has 3 nitrogen and oxygen atoms in total. The van der Waals surface area contributed by atoms with Gasteiger partial charge in [0.2, 0.25) is 5.88 Å². The molecule has 19 heavy (non-hydrogen) atoms. The number of ether oxygens (including phenoxy) is 1. The Labute approximate surface area is 116 Å². The first-order chi connectivity index (χ1) is 9.26. The molecule has 4 heteroatoms. The molecule has 3 rings (SSSR count). The van der Waals surface area contributed by atoms with Crippen LogP contribution in [0.25, 0.3) is 10.9 Å². The lowest BCUT2D eigenvalue weighted by Crippen LogP contribution is -2.01. The van der Waals surface area contributed by atoms with Crippen molar-refractivity contribution in [2.75, 3.05) is 7.11 Å². The zero-order valence-electron chi connectivity index (χ0n) is 10.5. The van der Waals surface area contributed by atoms with Crippen molar-refractivity contribution in [3.8, 4) is 5.88 Å². The van der Waals surface area contributed by atoms with Crippen molar-refractivity contribution in [3.05, 3.63) is 59.4 Å². The fourth-order valence-corrected chi connectivity index (χ4v) is 2.32. The molecule has 0 aliphatic rings. The maximum absolute atomic E-state index is 5.99. The molecular weight excluding hydrogens is 260 g/mol. The number of fused-ring (bicyclic) bond motifs is 1. The quantitative estimate of drug-likeness (QED) is 0.726. The highest BCUT2D eigenvalue weighted by atomic mass is 35.5. The van der Waals surface area contributed by atoms with Crippen LogP contribution >= 0.6 is 11.6 Å². The van der Waals surface area contributed by atoms with Crippen LogP contribution in [0.4, 0.5) is 0 Å². The average Bonchev–Trinajstić information content (AvgIpc) is 2.81. The summed E-state index contributed by atoms with van der Waals surface area (Å²) in [4.78, 5) is 4.42. The number of hydrogen-bond acceptors (Lipinski definition) is 2. The molecule has 0 unspecified atom stereocenters. The molecule has 0 fully saturated rings. The summed E-state index contributed by atoms with van der Waals surface area (Å²) >= 11 is 5.99. The molecular formula is C15H13ClN2O. The van der Waals surface area contributed by atoms with Crippen LogP contribution in [-0.2, 0) is 6.54 Å². The summed E-state index contributed by atoms with van der Waals surface area (Å²) in [6.45, 7) is 0.711. The minimum absolute atomic E-state index is 0.636. The number of hydrogen-bond donors (Lipinski definition) is 0. The van der Waals surface area contributed by atoms with Crippen LogP contribution in [0.2, 0.25) is 5.02 Å². The van der Waals surface area contributed by atoms with Gasteiger partial charge in [0.15, 0.2) is 0 Å². The van der Waals surface area contributed by atoms with E-state index in [1.807, 2.05) is 42.6 Å². The van der Waals surface area contributed by atoms with E-state index < -0.39 is 0 Å². The summed E-state index contributed by atoms with van der Waals surface area (Å²) in [5, 5.41) is 1.89. The molecule has 0 radical (unpaired) electrons. The van der Waals surface area contributed by atoms with E-state index in [1.54, 1.807) is 7.11 Å². The number of halogens is 1. The maximum Gasteiger partial charge on any atom is 0.213 e. The summed E-state index contributed by atoms with van der Waals surface area (Å²) in [5.74, 6) is 0.636. The Morgan fingerprint density at radius 2 is 2.11 bits per heavy atom. The molecule has 2 heterocycles. The summed E-state index contributed by atoms with van der Waals surface area (Å²) in [5.41, 5.74) is 2.11. The van der Waals surface area contributed by atoms with Gasteiger partial charge in [-0.3, -0.25) is 0 Å². The van der Waals surface area contributed by atoms with E-state index >= 15 is 0 Å². The van der Waals surface area contributed by atoms with Gasteiger partial charge >= 0.3 is 0 Å². The van der Waals surface area contributed by atoms with Gasteiger partial charge in [-0.05, 0) is 30.3 Å². The van der Waals surface area contributed by atoms with Gasteiger partial charge in [-0.1, -0.05) is 17.7 Å². The SMILES string of the molecule is COc1cccc(Cn2ccc3cc(Cl)ccc32)n1. The minimum atomic E-state index is 0.636. The van der Waals surface area contributed by atoms with Crippen LogP contribution in [0, 0.1) is 0 Å². The topological polar surface area (TPSA) is 27.1 Å². The fraction of sp³-hybridized carbons (Fsp3) is 0.133. The smallest absolute Gasteiger partial charge is 0.213 e. The Balaban J connectivity index is 1.96. The Bertz CT molecular complexity index is 721. The standard InChI is InChI=1S/C15H13ClN2O/c1-19-15-4-2-3-13(17-15)10-18-8-7-11-9-12(16)5-6-14(11)18/h2-9H,10H2,1H3. The lowest BCUT2D eigenvalue weighted by Gasteiger charge is -2.06. The van der Waals surface area contributed by atoms with Gasteiger partial charge in [-0.25, -0.2) is 4.98 Å². The van der Waals surface area contributed by atoms with Crippen molar-refractivity contribution in [1.29, 1.82) is 0 Å². The normalized spacial score (nSPS) is 10.8. The van der Waals surface area contributed by atoms with Gasteiger partial charge in [0.25, 0.3) is 0 Å². The van der Waals surface area contributed by atoms with Crippen LogP contribution in [0.3, 0.4) is 0 Å². The third kappa shape index (κ3) is 2.42. The van der Waals surface area contributed by atoms with E-state index in [2.05, 4.69) is 15.6 Å². The third-order valence-electron chi connectivity index (χ3n) is 3.06. The summed E-state index contributed by atoms with van der Waals surface area (Å²) in [7, 11) is 1.62. The predicted molar refractivity (Wildman–Crippen MR) is 76.8 cm³/mol. The van der Waals surface area contributed by atoms with E-state index in [0.29, 0.717) is 12.4 Å². The lowest BCUT2D eigenvalue weighted by atomic mass is 10.2. The number of nitrogens with zero attached hydrogens (tertiary/aromatic N) is 2. The molecule has 0 N–H and O–H groups in total. The van der Waals surface area contributed by atoms with Crippen LogP contribution in [0.15, 0.2) is 48.7 Å². The van der Waals surface area contributed by atoms with Crippen molar-refractivity contribution in [2.24, 2.45) is 0 Å². The molecule has 0 atom stereocenters. The summed E-state index contributed by atoms with van der Waals surface area (Å²) in [6.07, 6.45) is 2.04. The van der Waals surface area contributed by atoms with Crippen molar-refractivity contribution in [3.63, 3.8) is 0 Å². The molecule has 3 aromatic rings. The Morgan fingerprint density at radius 1 is 1.21 bits per heavy atom. The number of aromatic nitrogens is 2. The van der Waals surface area contributed by atoms with Gasteiger partial charge in [0.1, 0.15) is 0 Å². The zero-order chi connectivity index (χ0) is 13.2. The largest absolute Gasteiger partial charge is 0.481 e. The van der Waals surface area contributed by atoms with Crippen LogP contribution in [-0.4, -0.2) is 16.7 Å². The highest BCUT2D eigenvalue weighted by Crippen LogP contribution is 2.21. The van der Waals surface area contributed by atoms with Gasteiger partial charge in [-0.15, -0.1) is 0 Å². The van der Waals surface area contributed by atoms with Crippen molar-refractivity contribution in [1.82, 2.24) is 9.55 Å². The second-order valence-corrected chi connectivity index (χ2v) is 4.75. The van der Waals surface area contributed by atoms with Crippen LogP contribution in [0.1, 0.15) is 5.69 Å². The minimum Gasteiger partial charge on any atom is -0.481 e. The van der Waals surface area contributed by atoms with Gasteiger partial charge in [0, 0.05) is 28.2 Å². The second-order valence-electron chi connectivity index (χ2n) is 4.32. The highest BCUT2D eigenvalue weighted by Gasteiger charge is 2.04. The molecule has 0 aliphatic heterocycles. The summed E-state index contributed by atoms with van der Waals surface area (Å²) < 4.78 is 7.29. The van der Waals surface area contributed by atoms with Crippen molar-refractivity contribution < 1.29 is 4.74 Å². The van der Waals surface area contributed by atoms with Gasteiger partial charge < -0.3 is 9.30 Å². The zero-order valence-corrected chi connectivity index (χ0v) is 11.3. The first-order valence-corrected chi connectivity index (χ1v) is 6.38. The highest BCUT2D eigenvalue weighted by molar-refractivity contribution is 6.31. The van der Waals surface area contributed by atoms with E-state index in [9.17, 15) is 0 Å². The number of methoxy groups -OCH3 is 1. The fourth-order valence-electron chi connectivity index (χ4n) is 2.14. The molecule has 0 spiro atoms. The van der Waals surface area contributed by atoms with Crippen molar-refractivity contribution in [2.45, 2.75) is 6.54 Å². The number of rotatable bonds is 3. The number of benzene rings is 1. The molecule has 2 aromatic heterocycles. The molecule has 0 bridgehead atoms. The first-order valence-electron chi connectivity index (χ1n) is 6.00. The first kappa shape index (κ1) is 12.1. The molecule has 0 saturated carbocycles. The summed E-state index contributed by atoms with van der Waals surface area (Å²) in [6, 6.07) is 13.7. The Morgan fingerprint density at radius 3 is 2.95 bits per heavy atom. The Kier molecular flexibility index (Phi) is 3.13. The average molecular weight is 273 g/mol. The molecule has 0 amide bonds. The monoisotopic (exact) mass is 272 g/mol. The van der Waals surface area contributed by atoms with E-state index in [1.165, 1.54) is 0 Å². The van der Waals surface area contributed by atoms with Crippen molar-refractivity contribution >= 4 is 22.5 Å². The molecule has 0 saturated heterocycles. The maximum atomic E-state index is 5.99. The Hall–Kier alpha value is -2.00. The number of pyridine rings is 1. The predicted octanol–water partition coefficient (Wildman–Crippen LogP) is 3.75. The van der Waals surface area contributed by atoms with Gasteiger partial charge in [-0.2, -0.15) is 0 Å². The second kappa shape index (κ2) is 4.94. The lowest BCUT2D eigenvalue weighted by molar-refractivity contribution is 0.396. The van der Waals surface area contributed by atoms with E-state index in [0.717, 1.165) is 21.6 Å². The van der Waals surface area contributed by atoms with E-state index in [-0.39, 0.29) is 0 Å². The van der Waals surface area contributed by atoms with E-state index in [4.69, 9.17) is 16.3 Å². The van der Waals surface area contributed by atoms with Crippen LogP contribution in [0.5, 0.6) is 5.88 Å². The van der Waals surface area contributed by atoms with Gasteiger partial charge in [0.05, 0.1) is 19.3 Å². The molecule has 1 aromatic carbocycles. The van der Waals surface area contributed by atoms with Crippen LogP contribution < -0.4 is 4.74 Å². The third-order valence-corrected chi connectivity index (χ3v) is 3.29. The molecule has 96 valence electrons. The molecule has 0 aliphatic carbocycles.